The second kappa shape index (κ2) is 7.92. The molecule has 0 saturated carbocycles. The number of likely N-dealkylation sites (N-methyl/N-ethyl adjacent to an activating group) is 1. The summed E-state index contributed by atoms with van der Waals surface area (Å²) in [6.45, 7) is 3.02. The molecule has 4 nitrogen and oxygen atoms in total. The fourth-order valence-corrected chi connectivity index (χ4v) is 3.17. The summed E-state index contributed by atoms with van der Waals surface area (Å²) in [4.78, 5) is 14.4. The van der Waals surface area contributed by atoms with Gasteiger partial charge in [-0.15, -0.1) is 0 Å². The van der Waals surface area contributed by atoms with Crippen molar-refractivity contribution < 1.29 is 14.3 Å². The van der Waals surface area contributed by atoms with Crippen LogP contribution in [0.3, 0.4) is 0 Å². The van der Waals surface area contributed by atoms with Gasteiger partial charge in [-0.05, 0) is 59.9 Å². The second-order valence-electron chi connectivity index (χ2n) is 5.55. The van der Waals surface area contributed by atoms with Crippen LogP contribution in [0.15, 0.2) is 22.7 Å². The van der Waals surface area contributed by atoms with Gasteiger partial charge in [0.05, 0.1) is 24.7 Å². The molecule has 0 bridgehead atoms. The topological polar surface area (TPSA) is 38.8 Å². The van der Waals surface area contributed by atoms with E-state index in [1.54, 1.807) is 7.11 Å². The van der Waals surface area contributed by atoms with E-state index in [0.29, 0.717) is 18.0 Å². The monoisotopic (exact) mass is 355 g/mol. The molecule has 0 spiro atoms. The molecule has 0 radical (unpaired) electrons. The number of carbonyl (C=O) groups excluding carboxylic acids is 1. The number of rotatable bonds is 6. The average Bonchev–Trinajstić information content (AvgIpc) is 2.48. The van der Waals surface area contributed by atoms with Crippen LogP contribution in [0, 0.1) is 5.92 Å². The van der Waals surface area contributed by atoms with Crippen molar-refractivity contribution in [3.8, 4) is 5.75 Å². The Labute approximate surface area is 134 Å². The summed E-state index contributed by atoms with van der Waals surface area (Å²) in [6, 6.07) is 5.44. The Morgan fingerprint density at radius 1 is 1.52 bits per heavy atom. The van der Waals surface area contributed by atoms with Gasteiger partial charge in [0.1, 0.15) is 5.75 Å². The van der Waals surface area contributed by atoms with Crippen molar-refractivity contribution in [3.05, 3.63) is 28.2 Å². The lowest BCUT2D eigenvalue weighted by Crippen LogP contribution is -2.34. The SMILES string of the molecule is COc1ccc(C(=O)CN(C)CC2CCCOC2)cc1Br. The van der Waals surface area contributed by atoms with Crippen molar-refractivity contribution in [2.75, 3.05) is 40.5 Å². The molecule has 0 N–H and O–H groups in total. The fraction of sp³-hybridized carbons (Fsp3) is 0.562. The molecule has 1 aromatic rings. The first kappa shape index (κ1) is 16.5. The molecule has 1 fully saturated rings. The highest BCUT2D eigenvalue weighted by molar-refractivity contribution is 9.10. The van der Waals surface area contributed by atoms with Crippen LogP contribution in [0.2, 0.25) is 0 Å². The van der Waals surface area contributed by atoms with Gasteiger partial charge in [0.2, 0.25) is 0 Å². The summed E-state index contributed by atoms with van der Waals surface area (Å²) >= 11 is 3.41. The minimum Gasteiger partial charge on any atom is -0.496 e. The maximum Gasteiger partial charge on any atom is 0.176 e. The van der Waals surface area contributed by atoms with E-state index in [4.69, 9.17) is 9.47 Å². The van der Waals surface area contributed by atoms with E-state index >= 15 is 0 Å². The molecule has 0 amide bonds. The molecule has 5 heteroatoms. The summed E-state index contributed by atoms with van der Waals surface area (Å²) in [5.41, 5.74) is 0.703. The average molecular weight is 356 g/mol. The summed E-state index contributed by atoms with van der Waals surface area (Å²) in [7, 11) is 3.60. The first-order chi connectivity index (χ1) is 10.1. The van der Waals surface area contributed by atoms with E-state index in [1.165, 1.54) is 6.42 Å². The third-order valence-corrected chi connectivity index (χ3v) is 4.33. The first-order valence-electron chi connectivity index (χ1n) is 7.23. The van der Waals surface area contributed by atoms with Crippen molar-refractivity contribution in [2.45, 2.75) is 12.8 Å². The Kier molecular flexibility index (Phi) is 6.21. The highest BCUT2D eigenvalue weighted by Gasteiger charge is 2.18. The lowest BCUT2D eigenvalue weighted by atomic mass is 10.0. The molecule has 1 unspecified atom stereocenters. The van der Waals surface area contributed by atoms with Gasteiger partial charge in [-0.1, -0.05) is 0 Å². The largest absolute Gasteiger partial charge is 0.496 e. The summed E-state index contributed by atoms with van der Waals surface area (Å²) < 4.78 is 11.5. The fourth-order valence-electron chi connectivity index (χ4n) is 2.63. The Bertz CT molecular complexity index is 486. The van der Waals surface area contributed by atoms with Gasteiger partial charge in [-0.2, -0.15) is 0 Å². The minimum atomic E-state index is 0.123. The molecule has 1 aromatic carbocycles. The van der Waals surface area contributed by atoms with E-state index < -0.39 is 0 Å². The molecule has 1 aliphatic rings. The number of halogens is 1. The molecule has 2 rings (SSSR count). The molecule has 116 valence electrons. The molecule has 21 heavy (non-hydrogen) atoms. The van der Waals surface area contributed by atoms with E-state index in [2.05, 4.69) is 20.8 Å². The third kappa shape index (κ3) is 4.80. The van der Waals surface area contributed by atoms with Gasteiger partial charge in [0.25, 0.3) is 0 Å². The van der Waals surface area contributed by atoms with Crippen LogP contribution >= 0.6 is 15.9 Å². The smallest absolute Gasteiger partial charge is 0.176 e. The zero-order valence-electron chi connectivity index (χ0n) is 12.6. The lowest BCUT2D eigenvalue weighted by molar-refractivity contribution is 0.0416. The molecule has 1 saturated heterocycles. The van der Waals surface area contributed by atoms with E-state index in [1.807, 2.05) is 25.2 Å². The molecule has 0 aliphatic carbocycles. The van der Waals surface area contributed by atoms with E-state index in [9.17, 15) is 4.79 Å². The number of carbonyl (C=O) groups is 1. The summed E-state index contributed by atoms with van der Waals surface area (Å²) in [6.07, 6.45) is 2.31. The van der Waals surface area contributed by atoms with Crippen molar-refractivity contribution in [1.82, 2.24) is 4.90 Å². The Hall–Kier alpha value is -0.910. The number of ether oxygens (including phenoxy) is 2. The molecule has 1 atom stereocenters. The van der Waals surface area contributed by atoms with Crippen LogP contribution in [-0.2, 0) is 4.74 Å². The number of nitrogens with zero attached hydrogens (tertiary/aromatic N) is 1. The van der Waals surface area contributed by atoms with Crippen LogP contribution in [0.25, 0.3) is 0 Å². The number of hydrogen-bond donors (Lipinski definition) is 0. The Balaban J connectivity index is 1.89. The van der Waals surface area contributed by atoms with E-state index in [0.717, 1.165) is 36.4 Å². The zero-order chi connectivity index (χ0) is 15.2. The lowest BCUT2D eigenvalue weighted by Gasteiger charge is -2.26. The maximum atomic E-state index is 12.3. The number of methoxy groups -OCH3 is 1. The zero-order valence-corrected chi connectivity index (χ0v) is 14.2. The number of Topliss-reactive ketones (excluding diaryl/α,β-unsaturated/α-hetero) is 1. The molecular formula is C16H22BrNO3. The summed E-state index contributed by atoms with van der Waals surface area (Å²) in [5, 5.41) is 0. The predicted molar refractivity (Wildman–Crippen MR) is 86.1 cm³/mol. The third-order valence-electron chi connectivity index (χ3n) is 3.71. The van der Waals surface area contributed by atoms with Gasteiger partial charge in [-0.25, -0.2) is 0 Å². The normalized spacial score (nSPS) is 18.8. The molecule has 1 aliphatic heterocycles. The Morgan fingerprint density at radius 3 is 2.95 bits per heavy atom. The van der Waals surface area contributed by atoms with Crippen LogP contribution in [0.4, 0.5) is 0 Å². The standard InChI is InChI=1S/C16H22BrNO3/c1-18(9-12-4-3-7-21-11-12)10-15(19)13-5-6-16(20-2)14(17)8-13/h5-6,8,12H,3-4,7,9-11H2,1-2H3. The highest BCUT2D eigenvalue weighted by atomic mass is 79.9. The molecular weight excluding hydrogens is 334 g/mol. The highest BCUT2D eigenvalue weighted by Crippen LogP contribution is 2.25. The van der Waals surface area contributed by atoms with Crippen molar-refractivity contribution >= 4 is 21.7 Å². The molecule has 0 aromatic heterocycles. The van der Waals surface area contributed by atoms with Crippen LogP contribution in [0.1, 0.15) is 23.2 Å². The van der Waals surface area contributed by atoms with Crippen LogP contribution in [-0.4, -0.2) is 51.1 Å². The maximum absolute atomic E-state index is 12.3. The first-order valence-corrected chi connectivity index (χ1v) is 8.02. The van der Waals surface area contributed by atoms with Crippen molar-refractivity contribution in [3.63, 3.8) is 0 Å². The van der Waals surface area contributed by atoms with Gasteiger partial charge in [-0.3, -0.25) is 9.69 Å². The predicted octanol–water partition coefficient (Wildman–Crippen LogP) is 3.00. The van der Waals surface area contributed by atoms with Crippen molar-refractivity contribution in [1.29, 1.82) is 0 Å². The van der Waals surface area contributed by atoms with Gasteiger partial charge < -0.3 is 9.47 Å². The summed E-state index contributed by atoms with van der Waals surface area (Å²) in [5.74, 6) is 1.40. The van der Waals surface area contributed by atoms with Crippen LogP contribution in [0.5, 0.6) is 5.75 Å². The quantitative estimate of drug-likeness (QED) is 0.735. The second-order valence-corrected chi connectivity index (χ2v) is 6.41. The van der Waals surface area contributed by atoms with Gasteiger partial charge in [0.15, 0.2) is 5.78 Å². The molecule has 1 heterocycles. The Morgan fingerprint density at radius 2 is 2.33 bits per heavy atom. The van der Waals surface area contributed by atoms with Crippen molar-refractivity contribution in [2.24, 2.45) is 5.92 Å². The van der Waals surface area contributed by atoms with Gasteiger partial charge >= 0.3 is 0 Å². The van der Waals surface area contributed by atoms with Gasteiger partial charge in [0, 0.05) is 18.7 Å². The number of benzene rings is 1. The van der Waals surface area contributed by atoms with E-state index in [-0.39, 0.29) is 5.78 Å². The number of ketones is 1. The minimum absolute atomic E-state index is 0.123. The number of hydrogen-bond acceptors (Lipinski definition) is 4. The van der Waals surface area contributed by atoms with Crippen LogP contribution < -0.4 is 4.74 Å².